The van der Waals surface area contributed by atoms with Crippen molar-refractivity contribution in [3.05, 3.63) is 106 Å². The van der Waals surface area contributed by atoms with E-state index in [9.17, 15) is 18.4 Å². The molecule has 0 radical (unpaired) electrons. The molecule has 0 spiro atoms. The maximum atomic E-state index is 13.6. The molecule has 1 aliphatic heterocycles. The number of halogens is 2. The van der Waals surface area contributed by atoms with Gasteiger partial charge in [-0.2, -0.15) is 0 Å². The lowest BCUT2D eigenvalue weighted by Crippen LogP contribution is -2.42. The van der Waals surface area contributed by atoms with Crippen LogP contribution in [0.3, 0.4) is 0 Å². The van der Waals surface area contributed by atoms with E-state index in [4.69, 9.17) is 0 Å². The van der Waals surface area contributed by atoms with Crippen molar-refractivity contribution < 1.29 is 13.6 Å². The summed E-state index contributed by atoms with van der Waals surface area (Å²) >= 11 is 1.63. The summed E-state index contributed by atoms with van der Waals surface area (Å²) in [5, 5.41) is 6.56. The van der Waals surface area contributed by atoms with E-state index in [-0.39, 0.29) is 35.7 Å². The first-order valence-electron chi connectivity index (χ1n) is 13.0. The number of benzene rings is 2. The molecule has 0 atom stereocenters. The Balaban J connectivity index is 1.19. The minimum absolute atomic E-state index is 0.00249. The summed E-state index contributed by atoms with van der Waals surface area (Å²) < 4.78 is 30.3. The fourth-order valence-corrected chi connectivity index (χ4v) is 5.70. The van der Waals surface area contributed by atoms with Gasteiger partial charge in [-0.1, -0.05) is 6.07 Å². The third-order valence-electron chi connectivity index (χ3n) is 7.12. The maximum Gasteiger partial charge on any atom is 0.250 e. The van der Waals surface area contributed by atoms with Gasteiger partial charge in [0.05, 0.1) is 0 Å². The molecule has 0 bridgehead atoms. The molecule has 0 unspecified atom stereocenters. The predicted molar refractivity (Wildman–Crippen MR) is 150 cm³/mol. The normalized spacial score (nSPS) is 14.0. The van der Waals surface area contributed by atoms with Crippen LogP contribution in [-0.2, 0) is 11.3 Å². The molecule has 1 amide bonds. The van der Waals surface area contributed by atoms with Crippen molar-refractivity contribution in [1.29, 1.82) is 0 Å². The molecule has 1 saturated heterocycles. The number of pyridine rings is 1. The van der Waals surface area contributed by atoms with Crippen LogP contribution in [-0.4, -0.2) is 43.2 Å². The maximum absolute atomic E-state index is 13.6. The summed E-state index contributed by atoms with van der Waals surface area (Å²) in [6.45, 7) is 0.953. The van der Waals surface area contributed by atoms with Gasteiger partial charge in [0.2, 0.25) is 5.91 Å². The van der Waals surface area contributed by atoms with Crippen LogP contribution >= 0.6 is 11.3 Å². The number of rotatable bonds is 6. The van der Waals surface area contributed by atoms with Gasteiger partial charge in [-0.25, -0.2) is 18.4 Å². The van der Waals surface area contributed by atoms with Gasteiger partial charge in [-0.3, -0.25) is 9.59 Å². The Morgan fingerprint density at radius 1 is 0.875 bits per heavy atom. The van der Waals surface area contributed by atoms with E-state index in [1.165, 1.54) is 28.9 Å². The fraction of sp³-hybridized carbons (Fsp3) is 0.200. The lowest BCUT2D eigenvalue weighted by Gasteiger charge is -2.33. The van der Waals surface area contributed by atoms with Gasteiger partial charge in [0.15, 0.2) is 11.6 Å². The SMILES string of the molecule is O=C(Cn1nc(-c2ccc(F)cc2)nc1-c1ccc(F)cc1)N1CCC(n2cc(-c3cccs3)ccc2=O)CC1. The molecular weight excluding hydrogens is 532 g/mol. The zero-order valence-electron chi connectivity index (χ0n) is 21.4. The van der Waals surface area contributed by atoms with Crippen molar-refractivity contribution in [1.82, 2.24) is 24.2 Å². The second-order valence-electron chi connectivity index (χ2n) is 9.68. The van der Waals surface area contributed by atoms with Crippen LogP contribution in [0.15, 0.2) is 89.2 Å². The summed E-state index contributed by atoms with van der Waals surface area (Å²) in [6, 6.07) is 19.1. The molecule has 6 rings (SSSR count). The van der Waals surface area contributed by atoms with Crippen LogP contribution in [0, 0.1) is 11.6 Å². The van der Waals surface area contributed by atoms with Crippen LogP contribution in [0.25, 0.3) is 33.2 Å². The second-order valence-corrected chi connectivity index (χ2v) is 10.6. The highest BCUT2D eigenvalue weighted by atomic mass is 32.1. The molecule has 0 aliphatic carbocycles. The van der Waals surface area contributed by atoms with Crippen LogP contribution in [0.2, 0.25) is 0 Å². The van der Waals surface area contributed by atoms with Gasteiger partial charge in [0.1, 0.15) is 18.2 Å². The van der Waals surface area contributed by atoms with Gasteiger partial charge in [-0.15, -0.1) is 16.4 Å². The predicted octanol–water partition coefficient (Wildman–Crippen LogP) is 5.64. The lowest BCUT2D eigenvalue weighted by atomic mass is 10.0. The molecule has 3 aromatic heterocycles. The number of hydrogen-bond acceptors (Lipinski definition) is 5. The molecule has 10 heteroatoms. The highest BCUT2D eigenvalue weighted by Gasteiger charge is 2.26. The van der Waals surface area contributed by atoms with E-state index in [1.54, 1.807) is 51.1 Å². The monoisotopic (exact) mass is 557 g/mol. The Morgan fingerprint density at radius 2 is 1.52 bits per heavy atom. The summed E-state index contributed by atoms with van der Waals surface area (Å²) in [6.07, 6.45) is 3.22. The summed E-state index contributed by atoms with van der Waals surface area (Å²) in [4.78, 5) is 33.5. The number of carbonyl (C=O) groups is 1. The molecular formula is C30H25F2N5O2S. The van der Waals surface area contributed by atoms with E-state index < -0.39 is 0 Å². The number of hydrogen-bond donors (Lipinski definition) is 0. The van der Waals surface area contributed by atoms with E-state index >= 15 is 0 Å². The Bertz CT molecular complexity index is 1690. The summed E-state index contributed by atoms with van der Waals surface area (Å²) in [5.74, 6) is -0.124. The Labute approximate surface area is 233 Å². The van der Waals surface area contributed by atoms with E-state index in [1.807, 2.05) is 29.8 Å². The fourth-order valence-electron chi connectivity index (χ4n) is 4.99. The number of thiophene rings is 1. The van der Waals surface area contributed by atoms with Crippen molar-refractivity contribution in [3.8, 4) is 33.2 Å². The number of piperidine rings is 1. The first kappa shape index (κ1) is 25.8. The highest BCUT2D eigenvalue weighted by Crippen LogP contribution is 2.28. The van der Waals surface area contributed by atoms with Gasteiger partial charge in [0.25, 0.3) is 5.56 Å². The minimum Gasteiger partial charge on any atom is -0.341 e. The van der Waals surface area contributed by atoms with Gasteiger partial charge >= 0.3 is 0 Å². The molecule has 0 saturated carbocycles. The van der Waals surface area contributed by atoms with Crippen molar-refractivity contribution in [3.63, 3.8) is 0 Å². The van der Waals surface area contributed by atoms with Crippen LogP contribution in [0.1, 0.15) is 18.9 Å². The van der Waals surface area contributed by atoms with Gasteiger partial charge < -0.3 is 9.47 Å². The van der Waals surface area contributed by atoms with E-state index in [0.717, 1.165) is 10.4 Å². The van der Waals surface area contributed by atoms with E-state index in [2.05, 4.69) is 10.1 Å². The van der Waals surface area contributed by atoms with Crippen molar-refractivity contribution in [2.75, 3.05) is 13.1 Å². The third kappa shape index (κ3) is 5.35. The van der Waals surface area contributed by atoms with Gasteiger partial charge in [0, 0.05) is 53.0 Å². The zero-order valence-corrected chi connectivity index (χ0v) is 22.2. The average Bonchev–Trinajstić information content (AvgIpc) is 3.65. The third-order valence-corrected chi connectivity index (χ3v) is 8.03. The second kappa shape index (κ2) is 11.0. The number of amides is 1. The first-order chi connectivity index (χ1) is 19.4. The number of nitrogens with zero attached hydrogens (tertiary/aromatic N) is 5. The average molecular weight is 558 g/mol. The lowest BCUT2D eigenvalue weighted by molar-refractivity contribution is -0.133. The molecule has 40 heavy (non-hydrogen) atoms. The molecule has 202 valence electrons. The summed E-state index contributed by atoms with van der Waals surface area (Å²) in [7, 11) is 0. The van der Waals surface area contributed by atoms with Crippen molar-refractivity contribution >= 4 is 17.2 Å². The van der Waals surface area contributed by atoms with E-state index in [0.29, 0.717) is 48.7 Å². The molecule has 1 aliphatic rings. The quantitative estimate of drug-likeness (QED) is 0.271. The Kier molecular flexibility index (Phi) is 7.08. The molecule has 5 aromatic rings. The number of aromatic nitrogens is 4. The molecule has 2 aromatic carbocycles. The molecule has 1 fully saturated rings. The number of likely N-dealkylation sites (tertiary alicyclic amines) is 1. The zero-order chi connectivity index (χ0) is 27.6. The molecule has 7 nitrogen and oxygen atoms in total. The minimum atomic E-state index is -0.382. The smallest absolute Gasteiger partial charge is 0.250 e. The van der Waals surface area contributed by atoms with Gasteiger partial charge in [-0.05, 0) is 78.9 Å². The molecule has 4 heterocycles. The topological polar surface area (TPSA) is 73.0 Å². The van der Waals surface area contributed by atoms with Crippen LogP contribution < -0.4 is 5.56 Å². The Morgan fingerprint density at radius 3 is 2.17 bits per heavy atom. The largest absolute Gasteiger partial charge is 0.341 e. The van der Waals surface area contributed by atoms with Crippen molar-refractivity contribution in [2.24, 2.45) is 0 Å². The van der Waals surface area contributed by atoms with Crippen LogP contribution in [0.5, 0.6) is 0 Å². The first-order valence-corrected chi connectivity index (χ1v) is 13.8. The highest BCUT2D eigenvalue weighted by molar-refractivity contribution is 7.13. The Hall–Kier alpha value is -4.44. The van der Waals surface area contributed by atoms with Crippen molar-refractivity contribution in [2.45, 2.75) is 25.4 Å². The standard InChI is InChI=1S/C30H25F2N5O2S/c31-23-8-3-20(4-9-23)29-33-30(21-5-10-24(32)11-6-21)37(34-29)19-28(39)35-15-13-25(14-16-35)36-18-22(7-12-27(36)38)26-2-1-17-40-26/h1-12,17-18,25H,13-16,19H2. The number of carbonyl (C=O) groups excluding carboxylic acids is 1. The molecule has 0 N–H and O–H groups in total. The van der Waals surface area contributed by atoms with Crippen LogP contribution in [0.4, 0.5) is 8.78 Å². The summed E-state index contributed by atoms with van der Waals surface area (Å²) in [5.41, 5.74) is 2.17.